The summed E-state index contributed by atoms with van der Waals surface area (Å²) in [6, 6.07) is 13.4. The second kappa shape index (κ2) is 9.65. The first-order chi connectivity index (χ1) is 15.9. The molecule has 33 heavy (non-hydrogen) atoms. The summed E-state index contributed by atoms with van der Waals surface area (Å²) in [6.45, 7) is 7.15. The van der Waals surface area contributed by atoms with Crippen molar-refractivity contribution >= 4 is 28.5 Å². The third kappa shape index (κ3) is 4.87. The molecular formula is C28H31NO4. The Bertz CT molecular complexity index is 1210. The van der Waals surface area contributed by atoms with E-state index in [9.17, 15) is 9.90 Å². The lowest BCUT2D eigenvalue weighted by Crippen LogP contribution is -2.17. The second-order valence-corrected chi connectivity index (χ2v) is 9.26. The molecule has 1 unspecified atom stereocenters. The molecule has 1 aromatic heterocycles. The normalized spacial score (nSPS) is 16.8. The van der Waals surface area contributed by atoms with Gasteiger partial charge in [-0.15, -0.1) is 0 Å². The first-order valence-corrected chi connectivity index (χ1v) is 11.5. The molecule has 0 fully saturated rings. The molecule has 4 rings (SSSR count). The van der Waals surface area contributed by atoms with E-state index in [4.69, 9.17) is 14.5 Å². The molecule has 1 N–H and O–H groups in total. The fourth-order valence-corrected chi connectivity index (χ4v) is 4.48. The monoisotopic (exact) mass is 445 g/mol. The van der Waals surface area contributed by atoms with Gasteiger partial charge in [0.2, 0.25) is 0 Å². The maximum atomic E-state index is 12.2. The zero-order valence-electron chi connectivity index (χ0n) is 19.7. The number of nitrogens with zero attached hydrogens (tertiary/aromatic N) is 1. The number of carboxylic acids is 1. The Morgan fingerprint density at radius 2 is 1.97 bits per heavy atom. The zero-order valence-corrected chi connectivity index (χ0v) is 19.7. The Kier molecular flexibility index (Phi) is 6.68. The van der Waals surface area contributed by atoms with Crippen molar-refractivity contribution in [2.75, 3.05) is 13.7 Å². The quantitative estimate of drug-likeness (QED) is 0.450. The summed E-state index contributed by atoms with van der Waals surface area (Å²) >= 11 is 0. The minimum atomic E-state index is -0.900. The summed E-state index contributed by atoms with van der Waals surface area (Å²) in [6.07, 6.45) is 4.63. The number of aromatic nitrogens is 1. The average Bonchev–Trinajstić information content (AvgIpc) is 2.78. The lowest BCUT2D eigenvalue weighted by Gasteiger charge is -2.26. The minimum Gasteiger partial charge on any atom is -0.493 e. The van der Waals surface area contributed by atoms with Gasteiger partial charge in [-0.3, -0.25) is 0 Å². The average molecular weight is 446 g/mol. The molecule has 0 saturated carbocycles. The number of hydrogen-bond acceptors (Lipinski definition) is 4. The lowest BCUT2D eigenvalue weighted by atomic mass is 9.80. The molecule has 0 amide bonds. The fourth-order valence-electron chi connectivity index (χ4n) is 4.48. The number of carbonyl (C=O) groups is 1. The number of ether oxygens (including phenoxy) is 2. The molecule has 0 radical (unpaired) electrons. The second-order valence-electron chi connectivity index (χ2n) is 9.26. The summed E-state index contributed by atoms with van der Waals surface area (Å²) in [5.41, 5.74) is 4.73. The van der Waals surface area contributed by atoms with E-state index in [2.05, 4.69) is 26.8 Å². The van der Waals surface area contributed by atoms with Crippen molar-refractivity contribution in [1.82, 2.24) is 4.98 Å². The highest BCUT2D eigenvalue weighted by molar-refractivity contribution is 6.06. The predicted octanol–water partition coefficient (Wildman–Crippen LogP) is 6.49. The molecule has 0 spiro atoms. The highest BCUT2D eigenvalue weighted by Gasteiger charge is 2.28. The van der Waals surface area contributed by atoms with Gasteiger partial charge in [0.05, 0.1) is 30.5 Å². The Morgan fingerprint density at radius 3 is 2.70 bits per heavy atom. The van der Waals surface area contributed by atoms with Crippen LogP contribution in [0, 0.1) is 11.8 Å². The van der Waals surface area contributed by atoms with E-state index in [0.29, 0.717) is 47.1 Å². The van der Waals surface area contributed by atoms with Crippen molar-refractivity contribution in [3.63, 3.8) is 0 Å². The van der Waals surface area contributed by atoms with Gasteiger partial charge in [0.15, 0.2) is 11.5 Å². The molecule has 2 aromatic carbocycles. The lowest BCUT2D eigenvalue weighted by molar-refractivity contribution is 0.0697. The number of methoxy groups -OCH3 is 1. The topological polar surface area (TPSA) is 68.7 Å². The summed E-state index contributed by atoms with van der Waals surface area (Å²) in [5, 5.41) is 10.7. The van der Waals surface area contributed by atoms with Gasteiger partial charge in [0.1, 0.15) is 0 Å². The maximum Gasteiger partial charge on any atom is 0.336 e. The van der Waals surface area contributed by atoms with E-state index < -0.39 is 5.97 Å². The number of allylic oxidation sites excluding steroid dienone is 1. The molecule has 172 valence electrons. The van der Waals surface area contributed by atoms with Gasteiger partial charge in [-0.2, -0.15) is 0 Å². The van der Waals surface area contributed by atoms with Crippen LogP contribution >= 0.6 is 0 Å². The molecule has 0 aliphatic heterocycles. The predicted molar refractivity (Wildman–Crippen MR) is 132 cm³/mol. The van der Waals surface area contributed by atoms with Gasteiger partial charge in [0, 0.05) is 5.39 Å². The summed E-state index contributed by atoms with van der Waals surface area (Å²) in [5.74, 6) is 1.42. The first-order valence-electron chi connectivity index (χ1n) is 11.5. The van der Waals surface area contributed by atoms with Crippen LogP contribution in [0.15, 0.2) is 42.5 Å². The van der Waals surface area contributed by atoms with Crippen LogP contribution < -0.4 is 9.47 Å². The van der Waals surface area contributed by atoms with Crippen molar-refractivity contribution in [3.05, 3.63) is 64.8 Å². The van der Waals surface area contributed by atoms with Crippen molar-refractivity contribution in [3.8, 4) is 11.5 Å². The molecule has 1 aliphatic carbocycles. The third-order valence-electron chi connectivity index (χ3n) is 6.11. The molecule has 5 heteroatoms. The Balaban J connectivity index is 1.76. The number of rotatable bonds is 7. The first kappa shape index (κ1) is 22.8. The van der Waals surface area contributed by atoms with Gasteiger partial charge in [-0.25, -0.2) is 9.78 Å². The van der Waals surface area contributed by atoms with E-state index in [1.807, 2.05) is 42.5 Å². The van der Waals surface area contributed by atoms with Crippen molar-refractivity contribution in [2.45, 2.75) is 40.0 Å². The van der Waals surface area contributed by atoms with Gasteiger partial charge in [0.25, 0.3) is 0 Å². The van der Waals surface area contributed by atoms with Crippen LogP contribution in [0.5, 0.6) is 11.5 Å². The third-order valence-corrected chi connectivity index (χ3v) is 6.11. The van der Waals surface area contributed by atoms with Crippen molar-refractivity contribution < 1.29 is 19.4 Å². The van der Waals surface area contributed by atoms with E-state index in [1.165, 1.54) is 0 Å². The summed E-state index contributed by atoms with van der Waals surface area (Å²) in [4.78, 5) is 17.1. The maximum absolute atomic E-state index is 12.2. The van der Waals surface area contributed by atoms with Gasteiger partial charge in [-0.1, -0.05) is 45.0 Å². The van der Waals surface area contributed by atoms with E-state index in [1.54, 1.807) is 7.11 Å². The highest BCUT2D eigenvalue weighted by atomic mass is 16.5. The standard InChI is InChI=1S/C28H31NO4/c1-17(2)11-12-33-24-10-9-19(16-25(24)32-4)15-20-13-18(3)14-22-26(28(30)31)21-7-5-6-8-23(21)29-27(20)22/h5-10,15-18H,11-14H2,1-4H3,(H,30,31). The van der Waals surface area contributed by atoms with Gasteiger partial charge < -0.3 is 14.6 Å². The van der Waals surface area contributed by atoms with Crippen LogP contribution in [-0.2, 0) is 6.42 Å². The fraction of sp³-hybridized carbons (Fsp3) is 0.357. The van der Waals surface area contributed by atoms with E-state index >= 15 is 0 Å². The molecule has 5 nitrogen and oxygen atoms in total. The summed E-state index contributed by atoms with van der Waals surface area (Å²) < 4.78 is 11.5. The number of carboxylic acid groups (broad SMARTS) is 1. The number of benzene rings is 2. The van der Waals surface area contributed by atoms with Gasteiger partial charge >= 0.3 is 5.97 Å². The van der Waals surface area contributed by atoms with Gasteiger partial charge in [-0.05, 0) is 72.1 Å². The van der Waals surface area contributed by atoms with Crippen LogP contribution in [0.3, 0.4) is 0 Å². The van der Waals surface area contributed by atoms with E-state index in [-0.39, 0.29) is 0 Å². The Morgan fingerprint density at radius 1 is 1.18 bits per heavy atom. The Labute approximate surface area is 195 Å². The molecule has 3 aromatic rings. The molecule has 1 aliphatic rings. The molecular weight excluding hydrogens is 414 g/mol. The van der Waals surface area contributed by atoms with Crippen LogP contribution in [0.1, 0.15) is 60.8 Å². The largest absolute Gasteiger partial charge is 0.493 e. The Hall–Kier alpha value is -3.34. The molecule has 0 saturated heterocycles. The number of pyridine rings is 1. The zero-order chi connectivity index (χ0) is 23.5. The van der Waals surface area contributed by atoms with Crippen LogP contribution in [-0.4, -0.2) is 29.8 Å². The van der Waals surface area contributed by atoms with Crippen LogP contribution in [0.2, 0.25) is 0 Å². The number of fused-ring (bicyclic) bond motifs is 2. The van der Waals surface area contributed by atoms with Crippen molar-refractivity contribution in [2.24, 2.45) is 11.8 Å². The SMILES string of the molecule is COc1cc(C=C2CC(C)Cc3c2nc2ccccc2c3C(=O)O)ccc1OCCC(C)C. The van der Waals surface area contributed by atoms with Crippen LogP contribution in [0.4, 0.5) is 0 Å². The molecule has 0 bridgehead atoms. The summed E-state index contributed by atoms with van der Waals surface area (Å²) in [7, 11) is 1.65. The minimum absolute atomic E-state index is 0.324. The van der Waals surface area contributed by atoms with E-state index in [0.717, 1.165) is 41.0 Å². The number of aromatic carboxylic acids is 1. The highest BCUT2D eigenvalue weighted by Crippen LogP contribution is 2.39. The molecule has 1 atom stereocenters. The van der Waals surface area contributed by atoms with Crippen molar-refractivity contribution in [1.29, 1.82) is 0 Å². The smallest absolute Gasteiger partial charge is 0.336 e. The number of hydrogen-bond donors (Lipinski definition) is 1. The number of para-hydroxylation sites is 1. The van der Waals surface area contributed by atoms with Crippen LogP contribution in [0.25, 0.3) is 22.6 Å². The molecule has 1 heterocycles.